The van der Waals surface area contributed by atoms with E-state index >= 15 is 0 Å². The van der Waals surface area contributed by atoms with Gasteiger partial charge in [0.1, 0.15) is 0 Å². The molecule has 0 spiro atoms. The molecule has 0 aliphatic carbocycles. The molecule has 0 radical (unpaired) electrons. The smallest absolute Gasteiger partial charge is 0.0613 e. The van der Waals surface area contributed by atoms with Crippen LogP contribution in [-0.2, 0) is 0 Å². The van der Waals surface area contributed by atoms with Crippen LogP contribution in [0.15, 0.2) is 24.3 Å². The molecule has 1 aromatic rings. The Morgan fingerprint density at radius 2 is 1.35 bits per heavy atom. The molecule has 0 fully saturated rings. The fourth-order valence-corrected chi connectivity index (χ4v) is 2.72. The van der Waals surface area contributed by atoms with Crippen molar-refractivity contribution in [1.29, 1.82) is 0 Å². The lowest BCUT2D eigenvalue weighted by molar-refractivity contribution is 0.476. The second kappa shape index (κ2) is 7.06. The van der Waals surface area contributed by atoms with E-state index in [9.17, 15) is 0 Å². The van der Waals surface area contributed by atoms with Gasteiger partial charge >= 0.3 is 0 Å². The van der Waals surface area contributed by atoms with Gasteiger partial charge in [0.2, 0.25) is 0 Å². The lowest BCUT2D eigenvalue weighted by Gasteiger charge is -2.20. The summed E-state index contributed by atoms with van der Waals surface area (Å²) in [7, 11) is 0. The van der Waals surface area contributed by atoms with Crippen molar-refractivity contribution in [2.45, 2.75) is 58.3 Å². The van der Waals surface area contributed by atoms with Gasteiger partial charge in [0.15, 0.2) is 0 Å². The zero-order chi connectivity index (χ0) is 12.8. The average molecular weight is 253 g/mol. The summed E-state index contributed by atoms with van der Waals surface area (Å²) >= 11 is 6.54. The number of rotatable bonds is 6. The van der Waals surface area contributed by atoms with Crippen molar-refractivity contribution in [3.63, 3.8) is 0 Å². The van der Waals surface area contributed by atoms with Crippen molar-refractivity contribution in [2.75, 3.05) is 0 Å². The van der Waals surface area contributed by atoms with E-state index in [0.717, 1.165) is 12.8 Å². The highest BCUT2D eigenvalue weighted by atomic mass is 35.5. The van der Waals surface area contributed by atoms with Crippen LogP contribution in [0.1, 0.15) is 69.4 Å². The highest BCUT2D eigenvalue weighted by Crippen LogP contribution is 2.34. The minimum atomic E-state index is 0.163. The van der Waals surface area contributed by atoms with E-state index < -0.39 is 0 Å². The van der Waals surface area contributed by atoms with Crippen molar-refractivity contribution in [3.8, 4) is 0 Å². The molecule has 17 heavy (non-hydrogen) atoms. The van der Waals surface area contributed by atoms with Gasteiger partial charge in [-0.3, -0.25) is 0 Å². The maximum atomic E-state index is 6.54. The zero-order valence-corrected chi connectivity index (χ0v) is 12.3. The summed E-state index contributed by atoms with van der Waals surface area (Å²) in [6.45, 7) is 8.94. The lowest BCUT2D eigenvalue weighted by Crippen LogP contribution is -2.06. The van der Waals surface area contributed by atoms with E-state index in [4.69, 9.17) is 11.6 Å². The largest absolute Gasteiger partial charge is 0.118 e. The van der Waals surface area contributed by atoms with Gasteiger partial charge in [0, 0.05) is 0 Å². The number of hydrogen-bond donors (Lipinski definition) is 0. The van der Waals surface area contributed by atoms with Gasteiger partial charge in [0.05, 0.1) is 5.38 Å². The minimum Gasteiger partial charge on any atom is -0.118 e. The Morgan fingerprint density at radius 3 is 1.76 bits per heavy atom. The molecule has 0 bridgehead atoms. The summed E-state index contributed by atoms with van der Waals surface area (Å²) in [4.78, 5) is 0. The molecular weight excluding hydrogens is 228 g/mol. The van der Waals surface area contributed by atoms with E-state index in [1.807, 2.05) is 0 Å². The molecule has 0 aliphatic heterocycles. The van der Waals surface area contributed by atoms with Gasteiger partial charge in [-0.1, -0.05) is 64.8 Å². The van der Waals surface area contributed by atoms with Crippen molar-refractivity contribution in [3.05, 3.63) is 35.4 Å². The quantitative estimate of drug-likeness (QED) is 0.552. The molecule has 2 atom stereocenters. The van der Waals surface area contributed by atoms with Gasteiger partial charge in [-0.15, -0.1) is 11.6 Å². The molecule has 0 heterocycles. The molecule has 0 nitrogen and oxygen atoms in total. The number of alkyl halides is 1. The SMILES string of the molecule is CCC(C)c1ccc(C(Cl)C(CC)CC)cc1. The fourth-order valence-electron chi connectivity index (χ4n) is 2.22. The summed E-state index contributed by atoms with van der Waals surface area (Å²) in [5.74, 6) is 1.23. The van der Waals surface area contributed by atoms with Gasteiger partial charge in [-0.05, 0) is 29.4 Å². The first kappa shape index (κ1) is 14.6. The summed E-state index contributed by atoms with van der Waals surface area (Å²) in [6.07, 6.45) is 3.49. The third kappa shape index (κ3) is 3.74. The van der Waals surface area contributed by atoms with Gasteiger partial charge < -0.3 is 0 Å². The molecule has 0 saturated carbocycles. The summed E-state index contributed by atoms with van der Waals surface area (Å²) in [5.41, 5.74) is 2.69. The third-order valence-electron chi connectivity index (χ3n) is 3.90. The van der Waals surface area contributed by atoms with E-state index in [1.54, 1.807) is 0 Å². The monoisotopic (exact) mass is 252 g/mol. The number of hydrogen-bond acceptors (Lipinski definition) is 0. The van der Waals surface area contributed by atoms with Crippen molar-refractivity contribution < 1.29 is 0 Å². The molecule has 1 aromatic carbocycles. The second-order valence-corrected chi connectivity index (χ2v) is 5.42. The highest BCUT2D eigenvalue weighted by molar-refractivity contribution is 6.21. The molecule has 96 valence electrons. The third-order valence-corrected chi connectivity index (χ3v) is 4.51. The normalized spacial score (nSPS) is 14.9. The first-order valence-electron chi connectivity index (χ1n) is 6.87. The van der Waals surface area contributed by atoms with E-state index in [0.29, 0.717) is 11.8 Å². The van der Waals surface area contributed by atoms with Gasteiger partial charge in [-0.2, -0.15) is 0 Å². The second-order valence-electron chi connectivity index (χ2n) is 4.95. The van der Waals surface area contributed by atoms with Crippen LogP contribution in [0, 0.1) is 5.92 Å². The fraction of sp³-hybridized carbons (Fsp3) is 0.625. The molecule has 1 rings (SSSR count). The molecule has 0 saturated heterocycles. The van der Waals surface area contributed by atoms with Crippen LogP contribution >= 0.6 is 11.6 Å². The van der Waals surface area contributed by atoms with Gasteiger partial charge in [-0.25, -0.2) is 0 Å². The highest BCUT2D eigenvalue weighted by Gasteiger charge is 2.17. The van der Waals surface area contributed by atoms with Crippen LogP contribution in [0.4, 0.5) is 0 Å². The van der Waals surface area contributed by atoms with Crippen LogP contribution in [0.25, 0.3) is 0 Å². The van der Waals surface area contributed by atoms with Crippen molar-refractivity contribution in [2.24, 2.45) is 5.92 Å². The number of benzene rings is 1. The predicted octanol–water partition coefficient (Wildman–Crippen LogP) is 5.92. The molecule has 0 amide bonds. The molecule has 0 N–H and O–H groups in total. The van der Waals surface area contributed by atoms with Crippen LogP contribution in [-0.4, -0.2) is 0 Å². The molecule has 0 aliphatic rings. The van der Waals surface area contributed by atoms with Crippen molar-refractivity contribution >= 4 is 11.6 Å². The van der Waals surface area contributed by atoms with Crippen LogP contribution in [0.3, 0.4) is 0 Å². The molecular formula is C16H25Cl. The van der Waals surface area contributed by atoms with E-state index in [1.165, 1.54) is 17.5 Å². The lowest BCUT2D eigenvalue weighted by atomic mass is 9.91. The van der Waals surface area contributed by atoms with Crippen molar-refractivity contribution in [1.82, 2.24) is 0 Å². The van der Waals surface area contributed by atoms with Gasteiger partial charge in [0.25, 0.3) is 0 Å². The maximum Gasteiger partial charge on any atom is 0.0613 e. The maximum absolute atomic E-state index is 6.54. The Bertz CT molecular complexity index is 311. The molecule has 0 aromatic heterocycles. The van der Waals surface area contributed by atoms with Crippen LogP contribution in [0.2, 0.25) is 0 Å². The topological polar surface area (TPSA) is 0 Å². The first-order chi connectivity index (χ1) is 8.13. The Labute approximate surface area is 111 Å². The first-order valence-corrected chi connectivity index (χ1v) is 7.31. The minimum absolute atomic E-state index is 0.163. The van der Waals surface area contributed by atoms with E-state index in [-0.39, 0.29) is 5.38 Å². The average Bonchev–Trinajstić information content (AvgIpc) is 2.39. The van der Waals surface area contributed by atoms with Crippen LogP contribution in [0.5, 0.6) is 0 Å². The Hall–Kier alpha value is -0.490. The van der Waals surface area contributed by atoms with E-state index in [2.05, 4.69) is 52.0 Å². The Balaban J connectivity index is 2.79. The standard InChI is InChI=1S/C16H25Cl/c1-5-12(4)14-8-10-15(11-9-14)16(17)13(6-2)7-3/h8-13,16H,5-7H2,1-4H3. The summed E-state index contributed by atoms with van der Waals surface area (Å²) in [5, 5.41) is 0.163. The van der Waals surface area contributed by atoms with Crippen LogP contribution < -0.4 is 0 Å². The summed E-state index contributed by atoms with van der Waals surface area (Å²) < 4.78 is 0. The zero-order valence-electron chi connectivity index (χ0n) is 11.5. The Morgan fingerprint density at radius 1 is 0.882 bits per heavy atom. The Kier molecular flexibility index (Phi) is 6.05. The molecule has 1 heteroatoms. The summed E-state index contributed by atoms with van der Waals surface area (Å²) in [6, 6.07) is 8.89. The molecule has 2 unspecified atom stereocenters. The number of halogens is 1. The predicted molar refractivity (Wildman–Crippen MR) is 77.8 cm³/mol.